The molecule has 0 saturated carbocycles. The first-order valence-electron chi connectivity index (χ1n) is 5.45. The molecule has 19 heavy (non-hydrogen) atoms. The van der Waals surface area contributed by atoms with Crippen molar-refractivity contribution in [3.63, 3.8) is 0 Å². The molecule has 0 aliphatic carbocycles. The van der Waals surface area contributed by atoms with Crippen molar-refractivity contribution < 1.29 is 17.9 Å². The zero-order chi connectivity index (χ0) is 14.0. The quantitative estimate of drug-likeness (QED) is 0.636. The summed E-state index contributed by atoms with van der Waals surface area (Å²) in [6.45, 7) is -0.318. The molecule has 2 rings (SSSR count). The molecule has 2 aromatic rings. The molecule has 104 valence electrons. The number of halogens is 4. The van der Waals surface area contributed by atoms with Crippen molar-refractivity contribution >= 4 is 39.6 Å². The van der Waals surface area contributed by atoms with Gasteiger partial charge in [0, 0.05) is 12.6 Å². The maximum atomic E-state index is 13.5. The van der Waals surface area contributed by atoms with Gasteiger partial charge in [-0.3, -0.25) is 0 Å². The highest BCUT2D eigenvalue weighted by molar-refractivity contribution is 14.1. The summed E-state index contributed by atoms with van der Waals surface area (Å²) in [6.07, 6.45) is -2.50. The van der Waals surface area contributed by atoms with E-state index in [0.29, 0.717) is 14.6 Å². The molecule has 8 heteroatoms. The fourth-order valence-corrected chi connectivity index (χ4v) is 2.15. The summed E-state index contributed by atoms with van der Waals surface area (Å²) in [4.78, 5) is 4.09. The number of nitrogen functional groups attached to an aromatic ring is 1. The highest BCUT2D eigenvalue weighted by atomic mass is 127. The number of nitrogens with two attached hydrogens (primary N) is 1. The molecule has 0 spiro atoms. The Labute approximate surface area is 120 Å². The molecule has 1 heterocycles. The van der Waals surface area contributed by atoms with Crippen molar-refractivity contribution in [2.24, 2.45) is 0 Å². The van der Waals surface area contributed by atoms with Gasteiger partial charge in [0.1, 0.15) is 12.4 Å². The summed E-state index contributed by atoms with van der Waals surface area (Å²) < 4.78 is 44.1. The van der Waals surface area contributed by atoms with Gasteiger partial charge in [0.15, 0.2) is 0 Å². The van der Waals surface area contributed by atoms with Crippen molar-refractivity contribution in [3.05, 3.63) is 21.5 Å². The number of hydrogen-bond acceptors (Lipinski definition) is 3. The van der Waals surface area contributed by atoms with Crippen molar-refractivity contribution in [3.8, 4) is 0 Å². The number of imidazole rings is 1. The molecule has 0 unspecified atom stereocenters. The van der Waals surface area contributed by atoms with Crippen LogP contribution in [0.4, 0.5) is 19.1 Å². The minimum atomic E-state index is -2.50. The van der Waals surface area contributed by atoms with Crippen molar-refractivity contribution in [2.45, 2.75) is 13.0 Å². The summed E-state index contributed by atoms with van der Waals surface area (Å²) in [6, 6.07) is 2.91. The molecule has 0 bridgehead atoms. The van der Waals surface area contributed by atoms with Gasteiger partial charge in [-0.15, -0.1) is 0 Å². The lowest BCUT2D eigenvalue weighted by molar-refractivity contribution is 0.0151. The van der Waals surface area contributed by atoms with E-state index in [9.17, 15) is 13.2 Å². The largest absolute Gasteiger partial charge is 0.374 e. The molecule has 1 aromatic carbocycles. The average molecular weight is 385 g/mol. The topological polar surface area (TPSA) is 53.1 Å². The first kappa shape index (κ1) is 14.4. The van der Waals surface area contributed by atoms with Crippen LogP contribution in [-0.2, 0) is 11.3 Å². The van der Waals surface area contributed by atoms with Gasteiger partial charge in [-0.2, -0.15) is 0 Å². The van der Waals surface area contributed by atoms with Crippen LogP contribution >= 0.6 is 22.6 Å². The molecule has 0 radical (unpaired) electrons. The molecular formula is C11H11F3IN3O. The summed E-state index contributed by atoms with van der Waals surface area (Å²) in [5.74, 6) is -0.167. The van der Waals surface area contributed by atoms with Crippen LogP contribution in [0.25, 0.3) is 11.0 Å². The summed E-state index contributed by atoms with van der Waals surface area (Å²) in [7, 11) is 0. The van der Waals surface area contributed by atoms with E-state index < -0.39 is 13.0 Å². The van der Waals surface area contributed by atoms with Crippen LogP contribution in [0.2, 0.25) is 0 Å². The summed E-state index contributed by atoms with van der Waals surface area (Å²) in [5.41, 5.74) is 6.81. The van der Waals surface area contributed by atoms with E-state index in [2.05, 4.69) is 4.98 Å². The Bertz CT molecular complexity index is 588. The van der Waals surface area contributed by atoms with E-state index in [4.69, 9.17) is 10.5 Å². The van der Waals surface area contributed by atoms with Crippen molar-refractivity contribution in [2.75, 3.05) is 18.9 Å². The number of hydrogen-bond donors (Lipinski definition) is 1. The van der Waals surface area contributed by atoms with Crippen LogP contribution < -0.4 is 5.73 Å². The van der Waals surface area contributed by atoms with Gasteiger partial charge in [-0.25, -0.2) is 18.2 Å². The van der Waals surface area contributed by atoms with Gasteiger partial charge in [-0.1, -0.05) is 0 Å². The molecule has 2 N–H and O–H groups in total. The van der Waals surface area contributed by atoms with Crippen molar-refractivity contribution in [1.29, 1.82) is 0 Å². The number of anilines is 1. The number of alkyl halides is 2. The van der Waals surface area contributed by atoms with Gasteiger partial charge in [0.05, 0.1) is 21.2 Å². The minimum absolute atomic E-state index is 0.0631. The highest BCUT2D eigenvalue weighted by Gasteiger charge is 2.11. The third-order valence-electron chi connectivity index (χ3n) is 2.52. The Kier molecular flexibility index (Phi) is 4.50. The average Bonchev–Trinajstić information content (AvgIpc) is 2.61. The number of aromatic nitrogens is 2. The van der Waals surface area contributed by atoms with Crippen LogP contribution in [0.5, 0.6) is 0 Å². The number of ether oxygens (including phenoxy) is 1. The maximum absolute atomic E-state index is 13.5. The highest BCUT2D eigenvalue weighted by Crippen LogP contribution is 2.22. The fraction of sp³-hybridized carbons (Fsp3) is 0.364. The second-order valence-corrected chi connectivity index (χ2v) is 5.00. The van der Waals surface area contributed by atoms with E-state index in [1.165, 1.54) is 6.07 Å². The van der Waals surface area contributed by atoms with Gasteiger partial charge in [-0.05, 0) is 28.7 Å². The standard InChI is InChI=1S/C11H11F3IN3O/c12-6-3-9-8(4-7(6)15)17-11(16)18(9)1-2-19-5-10(13)14/h3-4,10H,1-2,5H2,(H2,16,17). The minimum Gasteiger partial charge on any atom is -0.374 e. The van der Waals surface area contributed by atoms with E-state index in [1.54, 1.807) is 10.6 Å². The lowest BCUT2D eigenvalue weighted by atomic mass is 10.3. The summed E-state index contributed by atoms with van der Waals surface area (Å²) >= 11 is 1.86. The molecule has 0 aliphatic heterocycles. The SMILES string of the molecule is Nc1nc2cc(I)c(F)cc2n1CCOCC(F)F. The molecule has 0 saturated heterocycles. The van der Waals surface area contributed by atoms with Crippen LogP contribution in [0.15, 0.2) is 12.1 Å². The van der Waals surface area contributed by atoms with Crippen LogP contribution in [0.3, 0.4) is 0 Å². The predicted molar refractivity (Wildman–Crippen MR) is 73.6 cm³/mol. The molecule has 1 aromatic heterocycles. The normalized spacial score (nSPS) is 11.6. The molecular weight excluding hydrogens is 374 g/mol. The van der Waals surface area contributed by atoms with Gasteiger partial charge in [0.2, 0.25) is 5.95 Å². The maximum Gasteiger partial charge on any atom is 0.261 e. The van der Waals surface area contributed by atoms with Gasteiger partial charge in [0.25, 0.3) is 6.43 Å². The lowest BCUT2D eigenvalue weighted by Crippen LogP contribution is -2.12. The fourth-order valence-electron chi connectivity index (χ4n) is 1.70. The number of fused-ring (bicyclic) bond motifs is 1. The van der Waals surface area contributed by atoms with E-state index in [-0.39, 0.29) is 24.9 Å². The lowest BCUT2D eigenvalue weighted by Gasteiger charge is -2.07. The molecule has 0 amide bonds. The first-order chi connectivity index (χ1) is 8.99. The Balaban J connectivity index is 2.18. The van der Waals surface area contributed by atoms with Crippen molar-refractivity contribution in [1.82, 2.24) is 9.55 Å². The number of nitrogens with zero attached hydrogens (tertiary/aromatic N) is 2. The van der Waals surface area contributed by atoms with Crippen LogP contribution in [0, 0.1) is 9.39 Å². The monoisotopic (exact) mass is 385 g/mol. The van der Waals surface area contributed by atoms with Crippen LogP contribution in [0.1, 0.15) is 0 Å². The van der Waals surface area contributed by atoms with Gasteiger partial charge >= 0.3 is 0 Å². The first-order valence-corrected chi connectivity index (χ1v) is 6.53. The third kappa shape index (κ3) is 3.30. The number of rotatable bonds is 5. The molecule has 0 aliphatic rings. The zero-order valence-corrected chi connectivity index (χ0v) is 11.9. The van der Waals surface area contributed by atoms with E-state index in [1.807, 2.05) is 22.6 Å². The Morgan fingerprint density at radius 1 is 1.42 bits per heavy atom. The van der Waals surface area contributed by atoms with Gasteiger partial charge < -0.3 is 15.0 Å². The second-order valence-electron chi connectivity index (χ2n) is 3.84. The third-order valence-corrected chi connectivity index (χ3v) is 3.35. The molecule has 0 fully saturated rings. The Morgan fingerprint density at radius 2 is 2.16 bits per heavy atom. The molecule has 4 nitrogen and oxygen atoms in total. The Morgan fingerprint density at radius 3 is 2.84 bits per heavy atom. The predicted octanol–water partition coefficient (Wildman–Crippen LogP) is 2.64. The van der Waals surface area contributed by atoms with Crippen LogP contribution in [-0.4, -0.2) is 29.2 Å². The molecule has 0 atom stereocenters. The van der Waals surface area contributed by atoms with E-state index >= 15 is 0 Å². The zero-order valence-electron chi connectivity index (χ0n) is 9.75. The van der Waals surface area contributed by atoms with E-state index in [0.717, 1.165) is 0 Å². The second kappa shape index (κ2) is 5.95. The Hall–Kier alpha value is -1.03. The smallest absolute Gasteiger partial charge is 0.261 e. The summed E-state index contributed by atoms with van der Waals surface area (Å²) in [5, 5.41) is 0. The number of benzene rings is 1.